The zero-order valence-corrected chi connectivity index (χ0v) is 18.7. The van der Waals surface area contributed by atoms with Crippen molar-refractivity contribution < 1.29 is 39.2 Å². The van der Waals surface area contributed by atoms with Crippen LogP contribution in [0.1, 0.15) is 18.4 Å². The number of carbonyl (C=O) groups excluding carboxylic acids is 2. The maximum absolute atomic E-state index is 12.1. The van der Waals surface area contributed by atoms with Crippen molar-refractivity contribution >= 4 is 35.6 Å². The fourth-order valence-corrected chi connectivity index (χ4v) is 3.35. The Kier molecular flexibility index (Phi) is 12.0. The van der Waals surface area contributed by atoms with Crippen LogP contribution in [-0.4, -0.2) is 77.6 Å². The summed E-state index contributed by atoms with van der Waals surface area (Å²) in [5, 5.41) is 32.4. The number of ether oxygens (including phenoxy) is 2. The average Bonchev–Trinajstić information content (AvgIpc) is 2.77. The predicted molar refractivity (Wildman–Crippen MR) is 120 cm³/mol. The van der Waals surface area contributed by atoms with Crippen LogP contribution in [0.2, 0.25) is 0 Å². The summed E-state index contributed by atoms with van der Waals surface area (Å²) in [5.41, 5.74) is 6.11. The molecule has 0 radical (unpaired) electrons. The number of nitrogens with one attached hydrogen (secondary N) is 2. The summed E-state index contributed by atoms with van der Waals surface area (Å²) in [6.07, 6.45) is 3.40. The highest BCUT2D eigenvalue weighted by atomic mass is 32.2. The first kappa shape index (κ1) is 27.1. The summed E-state index contributed by atoms with van der Waals surface area (Å²) < 4.78 is 10.2. The van der Waals surface area contributed by atoms with Crippen LogP contribution in [0, 0.1) is 0 Å². The Morgan fingerprint density at radius 2 is 1.84 bits per heavy atom. The lowest BCUT2D eigenvalue weighted by Gasteiger charge is -2.17. The van der Waals surface area contributed by atoms with E-state index in [4.69, 9.17) is 25.4 Å². The van der Waals surface area contributed by atoms with E-state index in [1.165, 1.54) is 26.0 Å². The third-order valence-corrected chi connectivity index (χ3v) is 5.21. The number of carbonyl (C=O) groups is 3. The number of hydrogen-bond acceptors (Lipinski definition) is 9. The number of amides is 2. The van der Waals surface area contributed by atoms with Gasteiger partial charge in [0.15, 0.2) is 11.5 Å². The molecule has 32 heavy (non-hydrogen) atoms. The smallest absolute Gasteiger partial charge is 0.320 e. The van der Waals surface area contributed by atoms with Crippen LogP contribution in [0.4, 0.5) is 0 Å². The van der Waals surface area contributed by atoms with E-state index in [-0.39, 0.29) is 35.8 Å². The lowest BCUT2D eigenvalue weighted by Crippen LogP contribution is -2.48. The van der Waals surface area contributed by atoms with E-state index in [1.54, 1.807) is 18.2 Å². The van der Waals surface area contributed by atoms with Crippen LogP contribution < -0.4 is 25.8 Å². The van der Waals surface area contributed by atoms with E-state index < -0.39 is 36.6 Å². The quantitative estimate of drug-likeness (QED) is 0.158. The molecule has 0 bridgehead atoms. The van der Waals surface area contributed by atoms with Crippen LogP contribution in [0.3, 0.4) is 0 Å². The fraction of sp³-hybridized carbons (Fsp3) is 0.450. The van der Waals surface area contributed by atoms with Crippen molar-refractivity contribution in [1.82, 2.24) is 10.6 Å². The van der Waals surface area contributed by atoms with E-state index in [0.717, 1.165) is 5.56 Å². The van der Waals surface area contributed by atoms with Crippen LogP contribution in [0.15, 0.2) is 18.2 Å². The van der Waals surface area contributed by atoms with E-state index in [2.05, 4.69) is 10.6 Å². The molecule has 1 aromatic carbocycles. The SMILES string of the molecule is COc1cc(/C=C/CSCC(NC(=O)CCC(N)C(=O)O)C(=O)NCO)cc(OC)c1O. The monoisotopic (exact) mass is 471 g/mol. The predicted octanol–water partition coefficient (Wildman–Crippen LogP) is -0.101. The lowest BCUT2D eigenvalue weighted by molar-refractivity contribution is -0.139. The molecule has 12 heteroatoms. The van der Waals surface area contributed by atoms with Crippen molar-refractivity contribution in [2.75, 3.05) is 32.5 Å². The van der Waals surface area contributed by atoms with Gasteiger partial charge in [-0.15, -0.1) is 0 Å². The lowest BCUT2D eigenvalue weighted by atomic mass is 10.1. The summed E-state index contributed by atoms with van der Waals surface area (Å²) in [6.45, 7) is -0.579. The summed E-state index contributed by atoms with van der Waals surface area (Å²) in [7, 11) is 2.86. The van der Waals surface area contributed by atoms with Gasteiger partial charge in [0, 0.05) is 17.9 Å². The van der Waals surface area contributed by atoms with Gasteiger partial charge >= 0.3 is 5.97 Å². The number of carboxylic acids is 1. The number of aliphatic carboxylic acids is 1. The highest BCUT2D eigenvalue weighted by Crippen LogP contribution is 2.37. The molecule has 11 nitrogen and oxygen atoms in total. The average molecular weight is 472 g/mol. The molecular weight excluding hydrogens is 442 g/mol. The molecule has 1 aromatic rings. The highest BCUT2D eigenvalue weighted by molar-refractivity contribution is 7.99. The molecule has 0 saturated carbocycles. The molecular formula is C20H29N3O8S. The number of rotatable bonds is 14. The molecule has 178 valence electrons. The summed E-state index contributed by atoms with van der Waals surface area (Å²) in [4.78, 5) is 34.9. The maximum Gasteiger partial charge on any atom is 0.320 e. The molecule has 0 fully saturated rings. The van der Waals surface area contributed by atoms with Gasteiger partial charge in [0.05, 0.1) is 14.2 Å². The van der Waals surface area contributed by atoms with Gasteiger partial charge in [0.25, 0.3) is 0 Å². The number of thioether (sulfide) groups is 1. The van der Waals surface area contributed by atoms with E-state index in [0.29, 0.717) is 5.75 Å². The van der Waals surface area contributed by atoms with Crippen molar-refractivity contribution in [3.63, 3.8) is 0 Å². The zero-order valence-electron chi connectivity index (χ0n) is 17.9. The fourth-order valence-electron chi connectivity index (χ4n) is 2.51. The van der Waals surface area contributed by atoms with Gasteiger partial charge < -0.3 is 41.2 Å². The van der Waals surface area contributed by atoms with Gasteiger partial charge in [-0.1, -0.05) is 12.2 Å². The van der Waals surface area contributed by atoms with E-state index in [9.17, 15) is 19.5 Å². The Hall–Kier alpha value is -2.96. The summed E-state index contributed by atoms with van der Waals surface area (Å²) in [5.74, 6) is -1.14. The first-order valence-electron chi connectivity index (χ1n) is 9.59. The summed E-state index contributed by atoms with van der Waals surface area (Å²) in [6, 6.07) is 1.20. The molecule has 2 amide bonds. The minimum Gasteiger partial charge on any atom is -0.502 e. The molecule has 7 N–H and O–H groups in total. The van der Waals surface area contributed by atoms with Gasteiger partial charge in [-0.05, 0) is 24.1 Å². The molecule has 0 spiro atoms. The second kappa shape index (κ2) is 14.2. The Morgan fingerprint density at radius 1 is 1.22 bits per heavy atom. The first-order chi connectivity index (χ1) is 15.2. The van der Waals surface area contributed by atoms with Gasteiger partial charge in [-0.25, -0.2) is 0 Å². The van der Waals surface area contributed by atoms with Gasteiger partial charge in [-0.3, -0.25) is 14.4 Å². The second-order valence-electron chi connectivity index (χ2n) is 6.52. The molecule has 0 heterocycles. The van der Waals surface area contributed by atoms with Gasteiger partial charge in [0.1, 0.15) is 18.8 Å². The standard InChI is InChI=1S/C20H29N3O8S/c1-30-15-8-12(9-16(31-2)18(15)26)4-3-7-32-10-14(19(27)22-11-24)23-17(25)6-5-13(21)20(28)29/h3-4,8-9,13-14,24,26H,5-7,10-11,21H2,1-2H3,(H,22,27)(H,23,25)(H,28,29)/b4-3+. The molecule has 1 rings (SSSR count). The highest BCUT2D eigenvalue weighted by Gasteiger charge is 2.21. The molecule has 0 aliphatic carbocycles. The van der Waals surface area contributed by atoms with E-state index >= 15 is 0 Å². The Bertz CT molecular complexity index is 793. The third-order valence-electron chi connectivity index (χ3n) is 4.22. The first-order valence-corrected chi connectivity index (χ1v) is 10.7. The maximum atomic E-state index is 12.1. The number of phenolic OH excluding ortho intramolecular Hbond substituents is 1. The molecule has 0 saturated heterocycles. The normalized spacial score (nSPS) is 12.8. The molecule has 0 aromatic heterocycles. The largest absolute Gasteiger partial charge is 0.502 e. The number of aliphatic hydroxyl groups excluding tert-OH is 1. The van der Waals surface area contributed by atoms with Crippen molar-refractivity contribution in [2.24, 2.45) is 5.73 Å². The van der Waals surface area contributed by atoms with Gasteiger partial charge in [-0.2, -0.15) is 11.8 Å². The number of benzene rings is 1. The third kappa shape index (κ3) is 9.04. The molecule has 0 aliphatic heterocycles. The van der Waals surface area contributed by atoms with Crippen LogP contribution in [0.5, 0.6) is 17.2 Å². The number of hydrogen-bond donors (Lipinski definition) is 6. The summed E-state index contributed by atoms with van der Waals surface area (Å²) >= 11 is 1.35. The van der Waals surface area contributed by atoms with Crippen molar-refractivity contribution in [3.8, 4) is 17.2 Å². The number of nitrogens with two attached hydrogens (primary N) is 1. The van der Waals surface area contributed by atoms with Crippen molar-refractivity contribution in [3.05, 3.63) is 23.8 Å². The van der Waals surface area contributed by atoms with E-state index in [1.807, 2.05) is 6.08 Å². The van der Waals surface area contributed by atoms with Crippen LogP contribution >= 0.6 is 11.8 Å². The number of aliphatic hydroxyl groups is 1. The van der Waals surface area contributed by atoms with Crippen LogP contribution in [0.25, 0.3) is 6.08 Å². The topological polar surface area (TPSA) is 180 Å². The second-order valence-corrected chi connectivity index (χ2v) is 7.59. The zero-order chi connectivity index (χ0) is 24.1. The molecule has 2 unspecified atom stereocenters. The molecule has 2 atom stereocenters. The Labute approximate surface area is 190 Å². The van der Waals surface area contributed by atoms with Crippen molar-refractivity contribution in [2.45, 2.75) is 24.9 Å². The Morgan fingerprint density at radius 3 is 2.38 bits per heavy atom. The number of aromatic hydroxyl groups is 1. The number of carboxylic acid groups (broad SMARTS) is 1. The minimum absolute atomic E-state index is 0.0645. The van der Waals surface area contributed by atoms with Crippen molar-refractivity contribution in [1.29, 1.82) is 0 Å². The molecule has 0 aliphatic rings. The number of phenols is 1. The number of methoxy groups -OCH3 is 2. The Balaban J connectivity index is 2.64. The van der Waals surface area contributed by atoms with Crippen LogP contribution in [-0.2, 0) is 14.4 Å². The van der Waals surface area contributed by atoms with Gasteiger partial charge in [0.2, 0.25) is 17.6 Å². The minimum atomic E-state index is -1.21.